The molecule has 0 atom stereocenters. The fourth-order valence-corrected chi connectivity index (χ4v) is 2.37. The van der Waals surface area contributed by atoms with Gasteiger partial charge in [0.05, 0.1) is 6.54 Å². The third-order valence-corrected chi connectivity index (χ3v) is 3.45. The van der Waals surface area contributed by atoms with E-state index in [4.69, 9.17) is 0 Å². The van der Waals surface area contributed by atoms with E-state index in [-0.39, 0.29) is 0 Å². The second-order valence-electron chi connectivity index (χ2n) is 4.04. The first-order chi connectivity index (χ1) is 8.29. The van der Waals surface area contributed by atoms with Crippen molar-refractivity contribution in [3.05, 3.63) is 28.5 Å². The van der Waals surface area contributed by atoms with Crippen molar-refractivity contribution >= 4 is 17.3 Å². The summed E-state index contributed by atoms with van der Waals surface area (Å²) in [5.74, 6) is 0.936. The number of thiazole rings is 1. The second kappa shape index (κ2) is 5.82. The van der Waals surface area contributed by atoms with Crippen LogP contribution in [-0.2, 0) is 6.54 Å². The fraction of sp³-hybridized carbons (Fsp3) is 0.500. The molecular formula is C12H18N4S. The van der Waals surface area contributed by atoms with Crippen molar-refractivity contribution in [1.29, 1.82) is 0 Å². The molecule has 0 unspecified atom stereocenters. The molecule has 0 aliphatic rings. The quantitative estimate of drug-likeness (QED) is 0.802. The molecule has 0 bridgehead atoms. The summed E-state index contributed by atoms with van der Waals surface area (Å²) in [4.78, 5) is 8.78. The Morgan fingerprint density at radius 1 is 1.47 bits per heavy atom. The Kier molecular flexibility index (Phi) is 4.14. The molecule has 2 aromatic heterocycles. The summed E-state index contributed by atoms with van der Waals surface area (Å²) in [6.07, 6.45) is 6.18. The van der Waals surface area contributed by atoms with Crippen LogP contribution in [0.4, 0.5) is 5.95 Å². The summed E-state index contributed by atoms with van der Waals surface area (Å²) in [5.41, 5.74) is 1.09. The first-order valence-electron chi connectivity index (χ1n) is 5.95. The summed E-state index contributed by atoms with van der Waals surface area (Å²) in [6.45, 7) is 5.98. The van der Waals surface area contributed by atoms with Crippen LogP contribution >= 0.6 is 11.3 Å². The normalized spacial score (nSPS) is 10.7. The van der Waals surface area contributed by atoms with Gasteiger partial charge < -0.3 is 9.88 Å². The zero-order valence-corrected chi connectivity index (χ0v) is 11.1. The zero-order chi connectivity index (χ0) is 12.1. The number of hydrogen-bond acceptors (Lipinski definition) is 4. The summed E-state index contributed by atoms with van der Waals surface area (Å²) >= 11 is 1.70. The minimum absolute atomic E-state index is 0.799. The second-order valence-corrected chi connectivity index (χ2v) is 4.98. The van der Waals surface area contributed by atoms with Gasteiger partial charge in [0.15, 0.2) is 0 Å². The predicted molar refractivity (Wildman–Crippen MR) is 71.6 cm³/mol. The molecule has 4 nitrogen and oxygen atoms in total. The number of anilines is 1. The monoisotopic (exact) mass is 250 g/mol. The van der Waals surface area contributed by atoms with Crippen LogP contribution in [0.1, 0.15) is 30.5 Å². The molecule has 5 heteroatoms. The minimum atomic E-state index is 0.799. The van der Waals surface area contributed by atoms with Gasteiger partial charge >= 0.3 is 0 Å². The number of imidazole rings is 1. The molecule has 2 aromatic rings. The Labute approximate surface area is 106 Å². The molecule has 0 spiro atoms. The van der Waals surface area contributed by atoms with E-state index in [1.54, 1.807) is 11.3 Å². The number of aryl methyl sites for hydroxylation is 1. The molecule has 0 aliphatic carbocycles. The van der Waals surface area contributed by atoms with E-state index in [0.29, 0.717) is 0 Å². The summed E-state index contributed by atoms with van der Waals surface area (Å²) in [6, 6.07) is 0. The van der Waals surface area contributed by atoms with E-state index in [9.17, 15) is 0 Å². The first kappa shape index (κ1) is 12.1. The highest BCUT2D eigenvalue weighted by atomic mass is 32.1. The first-order valence-corrected chi connectivity index (χ1v) is 6.83. The van der Waals surface area contributed by atoms with E-state index >= 15 is 0 Å². The fourth-order valence-electron chi connectivity index (χ4n) is 1.60. The van der Waals surface area contributed by atoms with Gasteiger partial charge in [-0.1, -0.05) is 13.3 Å². The molecule has 0 aromatic carbocycles. The van der Waals surface area contributed by atoms with Crippen LogP contribution < -0.4 is 5.32 Å². The Bertz CT molecular complexity index is 461. The van der Waals surface area contributed by atoms with Crippen LogP contribution in [0.3, 0.4) is 0 Å². The molecule has 2 heterocycles. The number of rotatable bonds is 6. The van der Waals surface area contributed by atoms with E-state index in [0.717, 1.165) is 29.7 Å². The number of unbranched alkanes of at least 4 members (excludes halogenated alkanes) is 1. The smallest absolute Gasteiger partial charge is 0.203 e. The maximum Gasteiger partial charge on any atom is 0.203 e. The van der Waals surface area contributed by atoms with Crippen LogP contribution in [0.2, 0.25) is 0 Å². The van der Waals surface area contributed by atoms with Crippen LogP contribution in [0.5, 0.6) is 0 Å². The molecule has 92 valence electrons. The van der Waals surface area contributed by atoms with Crippen molar-refractivity contribution in [3.63, 3.8) is 0 Å². The lowest BCUT2D eigenvalue weighted by Crippen LogP contribution is -2.09. The van der Waals surface area contributed by atoms with Gasteiger partial charge in [0, 0.05) is 30.0 Å². The number of aromatic nitrogens is 3. The molecule has 0 saturated heterocycles. The molecule has 0 aliphatic heterocycles. The molecule has 0 radical (unpaired) electrons. The van der Waals surface area contributed by atoms with Gasteiger partial charge in [0.25, 0.3) is 0 Å². The largest absolute Gasteiger partial charge is 0.356 e. The van der Waals surface area contributed by atoms with Crippen LogP contribution in [0.15, 0.2) is 17.8 Å². The van der Waals surface area contributed by atoms with Gasteiger partial charge in [-0.2, -0.15) is 0 Å². The lowest BCUT2D eigenvalue weighted by molar-refractivity contribution is 0.770. The Morgan fingerprint density at radius 2 is 2.35 bits per heavy atom. The maximum atomic E-state index is 4.47. The van der Waals surface area contributed by atoms with Gasteiger partial charge in [0.1, 0.15) is 5.01 Å². The van der Waals surface area contributed by atoms with Crippen molar-refractivity contribution in [2.45, 2.75) is 33.2 Å². The lowest BCUT2D eigenvalue weighted by Gasteiger charge is -2.07. The molecule has 17 heavy (non-hydrogen) atoms. The Hall–Kier alpha value is -1.36. The minimum Gasteiger partial charge on any atom is -0.356 e. The number of hydrogen-bond donors (Lipinski definition) is 1. The van der Waals surface area contributed by atoms with Crippen molar-refractivity contribution < 1.29 is 0 Å². The molecule has 1 N–H and O–H groups in total. The van der Waals surface area contributed by atoms with Crippen LogP contribution in [-0.4, -0.2) is 21.1 Å². The highest BCUT2D eigenvalue weighted by Gasteiger charge is 2.04. The van der Waals surface area contributed by atoms with Gasteiger partial charge in [-0.25, -0.2) is 9.97 Å². The predicted octanol–water partition coefficient (Wildman–Crippen LogP) is 2.91. The topological polar surface area (TPSA) is 42.7 Å². The molecule has 0 amide bonds. The average molecular weight is 250 g/mol. The van der Waals surface area contributed by atoms with Gasteiger partial charge in [-0.15, -0.1) is 11.3 Å². The van der Waals surface area contributed by atoms with Crippen molar-refractivity contribution in [1.82, 2.24) is 14.5 Å². The molecular weight excluding hydrogens is 232 g/mol. The van der Waals surface area contributed by atoms with Gasteiger partial charge in [0.2, 0.25) is 5.95 Å². The Balaban J connectivity index is 1.98. The lowest BCUT2D eigenvalue weighted by atomic mass is 10.3. The van der Waals surface area contributed by atoms with E-state index in [1.165, 1.54) is 12.8 Å². The van der Waals surface area contributed by atoms with Gasteiger partial charge in [-0.3, -0.25) is 0 Å². The number of nitrogens with zero attached hydrogens (tertiary/aromatic N) is 3. The highest BCUT2D eigenvalue weighted by molar-refractivity contribution is 7.09. The summed E-state index contributed by atoms with van der Waals surface area (Å²) in [7, 11) is 0. The SMILES string of the molecule is CCCCNc1nccn1Cc1nc(C)cs1. The molecule has 2 rings (SSSR count). The summed E-state index contributed by atoms with van der Waals surface area (Å²) in [5, 5.41) is 6.55. The van der Waals surface area contributed by atoms with Crippen molar-refractivity contribution in [3.8, 4) is 0 Å². The standard InChI is InChI=1S/C12H18N4S/c1-3-4-5-13-12-14-6-7-16(12)8-11-15-10(2)9-17-11/h6-7,9H,3-5,8H2,1-2H3,(H,13,14). The van der Waals surface area contributed by atoms with E-state index in [2.05, 4.69) is 32.2 Å². The molecule has 0 saturated carbocycles. The van der Waals surface area contributed by atoms with E-state index in [1.807, 2.05) is 19.3 Å². The van der Waals surface area contributed by atoms with E-state index < -0.39 is 0 Å². The van der Waals surface area contributed by atoms with Crippen LogP contribution in [0.25, 0.3) is 0 Å². The maximum absolute atomic E-state index is 4.47. The third kappa shape index (κ3) is 3.30. The van der Waals surface area contributed by atoms with Crippen molar-refractivity contribution in [2.75, 3.05) is 11.9 Å². The third-order valence-electron chi connectivity index (χ3n) is 2.50. The molecule has 0 fully saturated rings. The van der Waals surface area contributed by atoms with Gasteiger partial charge in [-0.05, 0) is 13.3 Å². The highest BCUT2D eigenvalue weighted by Crippen LogP contribution is 2.13. The van der Waals surface area contributed by atoms with Crippen molar-refractivity contribution in [2.24, 2.45) is 0 Å². The average Bonchev–Trinajstić information content (AvgIpc) is 2.90. The zero-order valence-electron chi connectivity index (χ0n) is 10.3. The summed E-state index contributed by atoms with van der Waals surface area (Å²) < 4.78 is 2.11. The van der Waals surface area contributed by atoms with Crippen LogP contribution in [0, 0.1) is 6.92 Å². The Morgan fingerprint density at radius 3 is 3.06 bits per heavy atom. The number of nitrogens with one attached hydrogen (secondary N) is 1.